The van der Waals surface area contributed by atoms with Crippen molar-refractivity contribution in [1.82, 2.24) is 29.6 Å². The largest absolute Gasteiger partial charge is 0.444 e. The second kappa shape index (κ2) is 17.3. The standard InChI is InChI=1S/C41H49F3N6O7/c1-25(51)38(55)50(22-27-21-48(23-31(27)44)39(56)57-40(2,3)4)36(41(5,6)19-33(52)45-16-17-49-34(53)14-15-35(49)54)37-46-32(29-18-28(42)12-13-30(29)43)24-47(37)20-26-10-8-7-9-11-26/h7-15,18,24-25,27,31,36,51H,16-17,19-23H2,1-6H3,(H,45,52). The van der Waals surface area contributed by atoms with Crippen molar-refractivity contribution in [3.63, 3.8) is 0 Å². The zero-order chi connectivity index (χ0) is 41.8. The van der Waals surface area contributed by atoms with Gasteiger partial charge in [-0.2, -0.15) is 0 Å². The molecule has 4 atom stereocenters. The van der Waals surface area contributed by atoms with Crippen molar-refractivity contribution in [2.24, 2.45) is 11.3 Å². The van der Waals surface area contributed by atoms with Gasteiger partial charge in [0.1, 0.15) is 35.3 Å². The lowest BCUT2D eigenvalue weighted by Crippen LogP contribution is -2.50. The predicted molar refractivity (Wildman–Crippen MR) is 203 cm³/mol. The number of aromatic nitrogens is 2. The first-order valence-corrected chi connectivity index (χ1v) is 18.7. The van der Waals surface area contributed by atoms with Crippen molar-refractivity contribution in [3.05, 3.63) is 89.9 Å². The Bertz CT molecular complexity index is 1990. The van der Waals surface area contributed by atoms with Gasteiger partial charge in [-0.15, -0.1) is 0 Å². The van der Waals surface area contributed by atoms with E-state index in [2.05, 4.69) is 5.32 Å². The Kier molecular flexibility index (Phi) is 13.0. The summed E-state index contributed by atoms with van der Waals surface area (Å²) in [6, 6.07) is 10.8. The summed E-state index contributed by atoms with van der Waals surface area (Å²) in [4.78, 5) is 73.2. The van der Waals surface area contributed by atoms with E-state index in [4.69, 9.17) is 9.72 Å². The van der Waals surface area contributed by atoms with Gasteiger partial charge in [0, 0.05) is 74.4 Å². The van der Waals surface area contributed by atoms with Gasteiger partial charge in [0.15, 0.2) is 0 Å². The van der Waals surface area contributed by atoms with Crippen LogP contribution in [-0.2, 0) is 30.5 Å². The summed E-state index contributed by atoms with van der Waals surface area (Å²) < 4.78 is 52.9. The molecule has 0 aliphatic carbocycles. The molecule has 306 valence electrons. The Morgan fingerprint density at radius 1 is 1.02 bits per heavy atom. The van der Waals surface area contributed by atoms with E-state index in [0.29, 0.717) is 0 Å². The molecule has 2 aromatic carbocycles. The molecule has 5 rings (SSSR count). The van der Waals surface area contributed by atoms with Crippen LogP contribution in [-0.4, -0.2) is 110 Å². The smallest absolute Gasteiger partial charge is 0.410 e. The van der Waals surface area contributed by atoms with Crippen molar-refractivity contribution in [2.45, 2.75) is 78.4 Å². The molecule has 1 saturated heterocycles. The van der Waals surface area contributed by atoms with Crippen LogP contribution < -0.4 is 5.32 Å². The molecular weight excluding hydrogens is 745 g/mol. The van der Waals surface area contributed by atoms with Crippen LogP contribution in [0.3, 0.4) is 0 Å². The van der Waals surface area contributed by atoms with Gasteiger partial charge in [0.05, 0.1) is 18.3 Å². The van der Waals surface area contributed by atoms with E-state index in [1.54, 1.807) is 39.2 Å². The number of aliphatic hydroxyl groups excluding tert-OH is 1. The summed E-state index contributed by atoms with van der Waals surface area (Å²) >= 11 is 0. The second-order valence-corrected chi connectivity index (χ2v) is 16.1. The first-order valence-electron chi connectivity index (χ1n) is 18.7. The van der Waals surface area contributed by atoms with Crippen LogP contribution in [0.1, 0.15) is 65.4 Å². The molecule has 0 bridgehead atoms. The number of nitrogens with one attached hydrogen (secondary N) is 1. The Morgan fingerprint density at radius 2 is 1.68 bits per heavy atom. The van der Waals surface area contributed by atoms with Crippen LogP contribution in [0.5, 0.6) is 0 Å². The summed E-state index contributed by atoms with van der Waals surface area (Å²) in [6.45, 7) is 8.83. The number of rotatable bonds is 14. The maximum Gasteiger partial charge on any atom is 0.410 e. The lowest BCUT2D eigenvalue weighted by molar-refractivity contribution is -0.147. The van der Waals surface area contributed by atoms with Gasteiger partial charge in [-0.3, -0.25) is 24.1 Å². The number of imide groups is 1. The molecule has 4 unspecified atom stereocenters. The average Bonchev–Trinajstić information content (AvgIpc) is 3.80. The molecule has 13 nitrogen and oxygen atoms in total. The van der Waals surface area contributed by atoms with Crippen LogP contribution in [0.4, 0.5) is 18.0 Å². The number of alkyl halides is 1. The molecule has 5 amide bonds. The number of hydrogen-bond donors (Lipinski definition) is 2. The highest BCUT2D eigenvalue weighted by Crippen LogP contribution is 2.43. The molecule has 2 aliphatic heterocycles. The Morgan fingerprint density at radius 3 is 2.32 bits per heavy atom. The van der Waals surface area contributed by atoms with Gasteiger partial charge in [0.25, 0.3) is 17.7 Å². The molecule has 2 aliphatic rings. The van der Waals surface area contributed by atoms with E-state index in [0.717, 1.165) is 40.8 Å². The van der Waals surface area contributed by atoms with Crippen LogP contribution in [0, 0.1) is 23.0 Å². The van der Waals surface area contributed by atoms with E-state index < -0.39 is 76.6 Å². The number of halogens is 3. The second-order valence-electron chi connectivity index (χ2n) is 16.1. The van der Waals surface area contributed by atoms with E-state index in [-0.39, 0.29) is 62.8 Å². The van der Waals surface area contributed by atoms with Crippen LogP contribution >= 0.6 is 0 Å². The predicted octanol–water partition coefficient (Wildman–Crippen LogP) is 4.79. The van der Waals surface area contributed by atoms with E-state index in [1.807, 2.05) is 30.3 Å². The molecular formula is C41H49F3N6O7. The van der Waals surface area contributed by atoms with Gasteiger partial charge >= 0.3 is 6.09 Å². The number of likely N-dealkylation sites (tertiary alicyclic amines) is 1. The minimum Gasteiger partial charge on any atom is -0.444 e. The Balaban J connectivity index is 1.59. The molecule has 1 aromatic heterocycles. The molecule has 0 saturated carbocycles. The highest BCUT2D eigenvalue weighted by atomic mass is 19.1. The molecule has 2 N–H and O–H groups in total. The summed E-state index contributed by atoms with van der Waals surface area (Å²) in [6.07, 6.45) is -0.483. The fourth-order valence-electron chi connectivity index (χ4n) is 7.12. The fraction of sp³-hybridized carbons (Fsp3) is 0.463. The van der Waals surface area contributed by atoms with Crippen molar-refractivity contribution in [1.29, 1.82) is 0 Å². The van der Waals surface area contributed by atoms with E-state index >= 15 is 8.78 Å². The normalized spacial score (nSPS) is 18.2. The minimum atomic E-state index is -1.61. The molecule has 0 radical (unpaired) electrons. The maximum absolute atomic E-state index is 16.0. The Hall–Kier alpha value is -5.51. The van der Waals surface area contributed by atoms with E-state index in [1.165, 1.54) is 22.9 Å². The summed E-state index contributed by atoms with van der Waals surface area (Å²) in [5, 5.41) is 13.5. The topological polar surface area (TPSA) is 154 Å². The maximum atomic E-state index is 16.0. The quantitative estimate of drug-likeness (QED) is 0.221. The number of imidazole rings is 1. The van der Waals surface area contributed by atoms with Crippen molar-refractivity contribution in [2.75, 3.05) is 32.7 Å². The molecule has 3 heterocycles. The summed E-state index contributed by atoms with van der Waals surface area (Å²) in [5.74, 6) is -4.71. The zero-order valence-electron chi connectivity index (χ0n) is 32.9. The average molecular weight is 795 g/mol. The van der Waals surface area contributed by atoms with Gasteiger partial charge < -0.3 is 29.5 Å². The first-order chi connectivity index (χ1) is 26.7. The number of amides is 5. The SMILES string of the molecule is CC(O)C(=O)N(CC1CN(C(=O)OC(C)(C)C)CC1F)C(c1nc(-c2cc(F)ccc2F)cn1Cc1ccccc1)C(C)(C)CC(=O)NCCN1C(=O)C=CC1=O. The molecule has 0 spiro atoms. The number of nitrogens with zero attached hydrogens (tertiary/aromatic N) is 5. The number of aliphatic hydroxyl groups is 1. The summed E-state index contributed by atoms with van der Waals surface area (Å²) in [7, 11) is 0. The van der Waals surface area contributed by atoms with Crippen molar-refractivity contribution in [3.8, 4) is 11.3 Å². The van der Waals surface area contributed by atoms with Gasteiger partial charge in [-0.05, 0) is 51.5 Å². The number of hydrogen-bond acceptors (Lipinski definition) is 8. The summed E-state index contributed by atoms with van der Waals surface area (Å²) in [5.41, 5.74) is -1.52. The van der Waals surface area contributed by atoms with Gasteiger partial charge in [-0.1, -0.05) is 44.2 Å². The lowest BCUT2D eigenvalue weighted by atomic mass is 9.78. The molecule has 3 aromatic rings. The van der Waals surface area contributed by atoms with Gasteiger partial charge in [0.2, 0.25) is 5.91 Å². The highest BCUT2D eigenvalue weighted by Gasteiger charge is 2.46. The fourth-order valence-corrected chi connectivity index (χ4v) is 7.12. The third-order valence-electron chi connectivity index (χ3n) is 9.76. The monoisotopic (exact) mass is 794 g/mol. The zero-order valence-corrected chi connectivity index (χ0v) is 32.9. The third kappa shape index (κ3) is 10.5. The van der Waals surface area contributed by atoms with Gasteiger partial charge in [-0.25, -0.2) is 22.9 Å². The molecule has 57 heavy (non-hydrogen) atoms. The van der Waals surface area contributed by atoms with E-state index in [9.17, 15) is 33.5 Å². The molecule has 1 fully saturated rings. The number of ether oxygens (including phenoxy) is 1. The third-order valence-corrected chi connectivity index (χ3v) is 9.76. The first kappa shape index (κ1) is 42.6. The highest BCUT2D eigenvalue weighted by molar-refractivity contribution is 6.12. The van der Waals surface area contributed by atoms with Crippen molar-refractivity contribution < 1.29 is 47.0 Å². The Labute approximate surface area is 329 Å². The number of benzene rings is 2. The number of carbonyl (C=O) groups excluding carboxylic acids is 5. The van der Waals surface area contributed by atoms with Crippen LogP contribution in [0.15, 0.2) is 66.9 Å². The minimum absolute atomic E-state index is 0.0153. The van der Waals surface area contributed by atoms with Crippen molar-refractivity contribution >= 4 is 29.7 Å². The number of carbonyl (C=O) groups is 5. The van der Waals surface area contributed by atoms with Crippen LogP contribution in [0.2, 0.25) is 0 Å². The lowest BCUT2D eigenvalue weighted by Gasteiger charge is -2.43. The molecule has 16 heteroatoms. The van der Waals surface area contributed by atoms with Crippen LogP contribution in [0.25, 0.3) is 11.3 Å².